The fourth-order valence-corrected chi connectivity index (χ4v) is 10.2. The molecule has 0 spiro atoms. The summed E-state index contributed by atoms with van der Waals surface area (Å²) in [6, 6.07) is 11.3. The van der Waals surface area contributed by atoms with Crippen molar-refractivity contribution in [2.45, 2.75) is 117 Å². The van der Waals surface area contributed by atoms with E-state index >= 15 is 0 Å². The maximum atomic E-state index is 12.6. The van der Waals surface area contributed by atoms with E-state index in [1.54, 1.807) is 25.0 Å². The number of hydrogen-bond donors (Lipinski definition) is 6. The number of hydrogen-bond acceptors (Lipinski definition) is 10. The molecule has 0 unspecified atom stereocenters. The Bertz CT molecular complexity index is 2440. The number of nitrogens with zero attached hydrogens (tertiary/aromatic N) is 2. The van der Waals surface area contributed by atoms with Crippen LogP contribution < -0.4 is 0 Å². The molecule has 4 aromatic carbocycles. The third kappa shape index (κ3) is 7.13. The van der Waals surface area contributed by atoms with Crippen molar-refractivity contribution in [1.29, 1.82) is 0 Å². The lowest BCUT2D eigenvalue weighted by Gasteiger charge is -2.24. The molecule has 6 N–H and O–H groups in total. The van der Waals surface area contributed by atoms with Gasteiger partial charge in [0.2, 0.25) is 0 Å². The molecule has 2 aliphatic carbocycles. The van der Waals surface area contributed by atoms with Gasteiger partial charge < -0.3 is 39.5 Å². The third-order valence-electron chi connectivity index (χ3n) is 13.1. The van der Waals surface area contributed by atoms with Gasteiger partial charge in [-0.2, -0.15) is 0 Å². The molecule has 0 saturated heterocycles. The van der Waals surface area contributed by atoms with Crippen molar-refractivity contribution >= 4 is 34.0 Å². The molecule has 60 heavy (non-hydrogen) atoms. The molecular formula is C50H56N2O8. The van der Waals surface area contributed by atoms with Gasteiger partial charge in [-0.15, -0.1) is 0 Å². The van der Waals surface area contributed by atoms with Gasteiger partial charge in [0.05, 0.1) is 24.6 Å². The molecule has 6 aromatic rings. The highest BCUT2D eigenvalue weighted by molar-refractivity contribution is 6.15. The molecule has 10 nitrogen and oxygen atoms in total. The van der Waals surface area contributed by atoms with Crippen molar-refractivity contribution in [3.05, 3.63) is 93.8 Å². The molecular weight excluding hydrogens is 757 g/mol. The van der Waals surface area contributed by atoms with Crippen LogP contribution in [0.2, 0.25) is 0 Å². The van der Waals surface area contributed by atoms with E-state index in [0.717, 1.165) is 62.9 Å². The van der Waals surface area contributed by atoms with Crippen molar-refractivity contribution in [2.24, 2.45) is 21.8 Å². The van der Waals surface area contributed by atoms with Crippen LogP contribution in [-0.4, -0.2) is 55.2 Å². The first-order valence-corrected chi connectivity index (χ1v) is 21.4. The zero-order valence-electron chi connectivity index (χ0n) is 35.3. The van der Waals surface area contributed by atoms with Gasteiger partial charge in [-0.05, 0) is 109 Å². The Morgan fingerprint density at radius 2 is 0.983 bits per heavy atom. The van der Waals surface area contributed by atoms with E-state index < -0.39 is 0 Å². The van der Waals surface area contributed by atoms with Crippen LogP contribution in [0.15, 0.2) is 67.7 Å². The average molecular weight is 813 g/mol. The standard InChI is InChI=1S/C50H56N2O8/c1-25(2)39-33-19-27(5)41(47(55)43(33)35(45(53)49(39)57)23-51-37-15-7-11-29(37)21-31-13-9-17-59-31)42-28(6)20-34-40(26(3)4)50(58)46(54)36(44(34)48(42)56)24-52-38-16-8-12-30(38)22-32-14-10-18-60-32/h9-10,13-14,17-20,23-26,29-30,37-38,53-58H,7-8,11-12,15-16,21-22H2,1-6H3/t29-,30-,37-,38-/m1/s1. The van der Waals surface area contributed by atoms with Gasteiger partial charge in [-0.25, -0.2) is 0 Å². The SMILES string of the molecule is Cc1cc2c(C(C)C)c(O)c(O)c(C=N[C@@H]3CCC[C@@H]3Cc3ccco3)c2c(O)c1-c1c(C)cc2c(C(C)C)c(O)c(O)c(C=N[C@@H]3CCC[C@@H]3Cc3ccco3)c2c1O. The summed E-state index contributed by atoms with van der Waals surface area (Å²) in [5.74, 6) is 0.156. The summed E-state index contributed by atoms with van der Waals surface area (Å²) in [4.78, 5) is 9.98. The summed E-state index contributed by atoms with van der Waals surface area (Å²) in [6.45, 7) is 11.4. The first kappa shape index (κ1) is 40.9. The van der Waals surface area contributed by atoms with Crippen molar-refractivity contribution < 1.29 is 39.5 Å². The fourth-order valence-electron chi connectivity index (χ4n) is 10.2. The highest BCUT2D eigenvalue weighted by Crippen LogP contribution is 2.54. The normalized spacial score (nSPS) is 19.8. The molecule has 0 aliphatic heterocycles. The maximum Gasteiger partial charge on any atom is 0.167 e. The second-order valence-electron chi connectivity index (χ2n) is 17.7. The average Bonchev–Trinajstić information content (AvgIpc) is 4.05. The summed E-state index contributed by atoms with van der Waals surface area (Å²) in [6.07, 6.45) is 13.6. The van der Waals surface area contributed by atoms with Crippen LogP contribution in [0.25, 0.3) is 32.7 Å². The third-order valence-corrected chi connectivity index (χ3v) is 13.1. The second kappa shape index (κ2) is 16.3. The van der Waals surface area contributed by atoms with Crippen molar-refractivity contribution in [3.63, 3.8) is 0 Å². The molecule has 0 bridgehead atoms. The first-order valence-electron chi connectivity index (χ1n) is 21.4. The van der Waals surface area contributed by atoms with E-state index in [4.69, 9.17) is 18.8 Å². The number of phenols is 6. The number of phenolic OH excluding ortho intramolecular Hbond substituents is 6. The molecule has 8 rings (SSSR count). The Balaban J connectivity index is 1.32. The predicted molar refractivity (Wildman–Crippen MR) is 237 cm³/mol. The lowest BCUT2D eigenvalue weighted by molar-refractivity contribution is 0.398. The number of fused-ring (bicyclic) bond motifs is 2. The van der Waals surface area contributed by atoms with Crippen LogP contribution in [0.5, 0.6) is 34.5 Å². The van der Waals surface area contributed by atoms with Crippen LogP contribution >= 0.6 is 0 Å². The Morgan fingerprint density at radius 1 is 0.583 bits per heavy atom. The smallest absolute Gasteiger partial charge is 0.167 e. The second-order valence-corrected chi connectivity index (χ2v) is 17.7. The van der Waals surface area contributed by atoms with Gasteiger partial charge in [-0.1, -0.05) is 52.7 Å². The number of furan rings is 2. The zero-order valence-corrected chi connectivity index (χ0v) is 35.3. The van der Waals surface area contributed by atoms with Gasteiger partial charge in [0.15, 0.2) is 23.0 Å². The van der Waals surface area contributed by atoms with Gasteiger partial charge in [-0.3, -0.25) is 9.98 Å². The topological polar surface area (TPSA) is 172 Å². The van der Waals surface area contributed by atoms with Crippen LogP contribution in [0.1, 0.15) is 123 Å². The molecule has 0 radical (unpaired) electrons. The Kier molecular flexibility index (Phi) is 11.1. The van der Waals surface area contributed by atoms with Crippen molar-refractivity contribution in [1.82, 2.24) is 0 Å². The van der Waals surface area contributed by atoms with E-state index in [2.05, 4.69) is 0 Å². The number of rotatable bonds is 11. The fraction of sp³-hybridized carbons (Fsp3) is 0.400. The lowest BCUT2D eigenvalue weighted by atomic mass is 9.83. The highest BCUT2D eigenvalue weighted by atomic mass is 16.3. The van der Waals surface area contributed by atoms with E-state index in [-0.39, 0.29) is 81.4 Å². The van der Waals surface area contributed by atoms with Crippen LogP contribution in [0.3, 0.4) is 0 Å². The first-order chi connectivity index (χ1) is 28.8. The molecule has 2 fully saturated rings. The summed E-state index contributed by atoms with van der Waals surface area (Å²) < 4.78 is 11.3. The minimum Gasteiger partial charge on any atom is -0.507 e. The quantitative estimate of drug-likeness (QED) is 0.0554. The Hall–Kier alpha value is -5.90. The summed E-state index contributed by atoms with van der Waals surface area (Å²) in [7, 11) is 0. The maximum absolute atomic E-state index is 12.6. The van der Waals surface area contributed by atoms with E-state index in [0.29, 0.717) is 54.9 Å². The summed E-state index contributed by atoms with van der Waals surface area (Å²) in [5.41, 5.74) is 3.25. The number of aryl methyl sites for hydroxylation is 2. The molecule has 4 atom stereocenters. The van der Waals surface area contributed by atoms with Gasteiger partial charge >= 0.3 is 0 Å². The van der Waals surface area contributed by atoms with E-state index in [1.165, 1.54) is 0 Å². The van der Waals surface area contributed by atoms with Gasteiger partial charge in [0, 0.05) is 69.4 Å². The van der Waals surface area contributed by atoms with Crippen molar-refractivity contribution in [3.8, 4) is 45.6 Å². The molecule has 2 aliphatic rings. The van der Waals surface area contributed by atoms with Crippen molar-refractivity contribution in [2.75, 3.05) is 0 Å². The predicted octanol–water partition coefficient (Wildman–Crippen LogP) is 11.6. The van der Waals surface area contributed by atoms with Crippen LogP contribution in [0, 0.1) is 25.7 Å². The summed E-state index contributed by atoms with van der Waals surface area (Å²) in [5, 5.41) is 73.4. The minimum absolute atomic E-state index is 0.0562. The molecule has 2 saturated carbocycles. The largest absolute Gasteiger partial charge is 0.507 e. The number of aliphatic imine (C=N–C) groups is 2. The van der Waals surface area contributed by atoms with E-state index in [9.17, 15) is 30.6 Å². The molecule has 2 heterocycles. The Labute approximate surface area is 350 Å². The highest BCUT2D eigenvalue weighted by Gasteiger charge is 2.32. The van der Waals surface area contributed by atoms with Crippen LogP contribution in [-0.2, 0) is 12.8 Å². The van der Waals surface area contributed by atoms with Crippen LogP contribution in [0.4, 0.5) is 0 Å². The minimum atomic E-state index is -0.377. The molecule has 0 amide bonds. The Morgan fingerprint density at radius 3 is 1.33 bits per heavy atom. The van der Waals surface area contributed by atoms with Gasteiger partial charge in [0.25, 0.3) is 0 Å². The monoisotopic (exact) mass is 812 g/mol. The number of benzene rings is 4. The summed E-state index contributed by atoms with van der Waals surface area (Å²) >= 11 is 0. The molecule has 314 valence electrons. The zero-order chi connectivity index (χ0) is 42.6. The molecule has 10 heteroatoms. The molecule has 2 aromatic heterocycles. The number of aromatic hydroxyl groups is 6. The van der Waals surface area contributed by atoms with Gasteiger partial charge in [0.1, 0.15) is 23.0 Å². The van der Waals surface area contributed by atoms with E-state index in [1.807, 2.05) is 77.9 Å². The lowest BCUT2D eigenvalue weighted by Crippen LogP contribution is -2.14.